The summed E-state index contributed by atoms with van der Waals surface area (Å²) in [5.41, 5.74) is 3.16. The van der Waals surface area contributed by atoms with Gasteiger partial charge in [-0.3, -0.25) is 15.5 Å². The molecule has 32 heavy (non-hydrogen) atoms. The average Bonchev–Trinajstić information content (AvgIpc) is 2.73. The van der Waals surface area contributed by atoms with E-state index in [0.29, 0.717) is 11.3 Å². The van der Waals surface area contributed by atoms with Gasteiger partial charge < -0.3 is 4.74 Å². The molecule has 1 N–H and O–H groups in total. The van der Waals surface area contributed by atoms with Crippen LogP contribution in [-0.4, -0.2) is 16.1 Å². The summed E-state index contributed by atoms with van der Waals surface area (Å²) in [6.07, 6.45) is -2.20. The zero-order valence-electron chi connectivity index (χ0n) is 15.9. The van der Waals surface area contributed by atoms with E-state index in [9.17, 15) is 23.3 Å². The Balaban J connectivity index is 1.65. The van der Waals surface area contributed by atoms with E-state index in [-0.39, 0.29) is 18.1 Å². The smallest absolute Gasteiger partial charge is 0.417 e. The molecule has 12 heteroatoms. The molecule has 2 aromatic carbocycles. The van der Waals surface area contributed by atoms with Gasteiger partial charge in [-0.2, -0.15) is 18.3 Å². The van der Waals surface area contributed by atoms with Gasteiger partial charge in [0.2, 0.25) is 0 Å². The lowest BCUT2D eigenvalue weighted by molar-refractivity contribution is -0.384. The van der Waals surface area contributed by atoms with Crippen molar-refractivity contribution >= 4 is 62.9 Å². The van der Waals surface area contributed by atoms with Crippen molar-refractivity contribution in [3.63, 3.8) is 0 Å². The summed E-state index contributed by atoms with van der Waals surface area (Å²) in [5.74, 6) is 0.808. The zero-order chi connectivity index (χ0) is 23.3. The van der Waals surface area contributed by atoms with Crippen LogP contribution in [-0.2, 0) is 12.8 Å². The fourth-order valence-corrected chi connectivity index (χ4v) is 4.64. The molecular formula is C20H13F3I2N4O3. The van der Waals surface area contributed by atoms with E-state index in [2.05, 4.69) is 60.7 Å². The molecule has 0 fully saturated rings. The summed E-state index contributed by atoms with van der Waals surface area (Å²) in [7, 11) is 0. The number of rotatable bonds is 7. The van der Waals surface area contributed by atoms with Gasteiger partial charge in [0.15, 0.2) is 0 Å². The van der Waals surface area contributed by atoms with Crippen molar-refractivity contribution in [1.82, 2.24) is 4.98 Å². The fraction of sp³-hybridized carbons (Fsp3) is 0.100. The molecule has 1 heterocycles. The van der Waals surface area contributed by atoms with Crippen molar-refractivity contribution in [1.29, 1.82) is 0 Å². The van der Waals surface area contributed by atoms with Crippen LogP contribution >= 0.6 is 45.2 Å². The van der Waals surface area contributed by atoms with Crippen LogP contribution in [0.1, 0.15) is 16.7 Å². The van der Waals surface area contributed by atoms with E-state index in [1.54, 1.807) is 12.1 Å². The van der Waals surface area contributed by atoms with Gasteiger partial charge in [-0.05, 0) is 80.6 Å². The highest BCUT2D eigenvalue weighted by molar-refractivity contribution is 14.1. The number of anilines is 1. The summed E-state index contributed by atoms with van der Waals surface area (Å²) >= 11 is 4.21. The summed E-state index contributed by atoms with van der Waals surface area (Å²) in [6.45, 7) is 0.169. The highest BCUT2D eigenvalue weighted by Crippen LogP contribution is 2.30. The predicted molar refractivity (Wildman–Crippen MR) is 130 cm³/mol. The van der Waals surface area contributed by atoms with Crippen LogP contribution in [0.5, 0.6) is 5.75 Å². The Kier molecular flexibility index (Phi) is 7.86. The van der Waals surface area contributed by atoms with Crippen LogP contribution in [0.15, 0.2) is 59.8 Å². The van der Waals surface area contributed by atoms with Crippen LogP contribution < -0.4 is 10.2 Å². The van der Waals surface area contributed by atoms with E-state index in [1.165, 1.54) is 24.4 Å². The number of non-ortho nitro benzene ring substituents is 1. The molecule has 0 saturated carbocycles. The lowest BCUT2D eigenvalue weighted by atomic mass is 10.2. The minimum atomic E-state index is -4.44. The summed E-state index contributed by atoms with van der Waals surface area (Å²) < 4.78 is 45.2. The third-order valence-corrected chi connectivity index (χ3v) is 5.61. The molecule has 3 rings (SSSR count). The lowest BCUT2D eigenvalue weighted by Crippen LogP contribution is -2.05. The number of ether oxygens (including phenoxy) is 1. The molecular weight excluding hydrogens is 655 g/mol. The van der Waals surface area contributed by atoms with Crippen LogP contribution in [0.2, 0.25) is 0 Å². The van der Waals surface area contributed by atoms with Crippen LogP contribution in [0.3, 0.4) is 0 Å². The van der Waals surface area contributed by atoms with E-state index < -0.39 is 16.7 Å². The number of halogens is 5. The highest BCUT2D eigenvalue weighted by atomic mass is 127. The number of benzene rings is 2. The number of aromatic nitrogens is 1. The Morgan fingerprint density at radius 3 is 2.47 bits per heavy atom. The van der Waals surface area contributed by atoms with Crippen LogP contribution in [0.25, 0.3) is 0 Å². The number of pyridine rings is 1. The molecule has 166 valence electrons. The van der Waals surface area contributed by atoms with E-state index in [1.807, 2.05) is 12.1 Å². The first kappa shape index (κ1) is 24.2. The fourth-order valence-electron chi connectivity index (χ4n) is 2.51. The van der Waals surface area contributed by atoms with Gasteiger partial charge in [-0.25, -0.2) is 4.98 Å². The van der Waals surface area contributed by atoms with Crippen molar-refractivity contribution in [2.24, 2.45) is 5.10 Å². The van der Waals surface area contributed by atoms with Gasteiger partial charge in [-0.15, -0.1) is 0 Å². The molecule has 0 spiro atoms. The Hall–Kier alpha value is -2.49. The van der Waals surface area contributed by atoms with E-state index >= 15 is 0 Å². The number of nitro groups is 1. The third-order valence-electron chi connectivity index (χ3n) is 4.01. The first-order chi connectivity index (χ1) is 15.1. The predicted octanol–water partition coefficient (Wildman–Crippen LogP) is 6.24. The third kappa shape index (κ3) is 6.51. The molecule has 0 aliphatic rings. The maximum atomic E-state index is 12.6. The van der Waals surface area contributed by atoms with E-state index in [0.717, 1.165) is 25.0 Å². The SMILES string of the molecule is O=[N+]([O-])c1cccc(COc2c(I)cc(/C=N\Nc3ccc(C(F)(F)F)cn3)cc2I)c1. The van der Waals surface area contributed by atoms with Crippen molar-refractivity contribution in [3.8, 4) is 5.75 Å². The monoisotopic (exact) mass is 668 g/mol. The number of alkyl halides is 3. The first-order valence-electron chi connectivity index (χ1n) is 8.81. The van der Waals surface area contributed by atoms with Gasteiger partial charge in [0.25, 0.3) is 5.69 Å². The molecule has 0 aliphatic carbocycles. The van der Waals surface area contributed by atoms with Crippen LogP contribution in [0, 0.1) is 17.3 Å². The molecule has 0 unspecified atom stereocenters. The highest BCUT2D eigenvalue weighted by Gasteiger charge is 2.30. The summed E-state index contributed by atoms with van der Waals surface area (Å²) in [4.78, 5) is 14.1. The molecule has 0 aliphatic heterocycles. The minimum absolute atomic E-state index is 0.00270. The standard InChI is InChI=1S/C20H13F3I2N4O3/c21-20(22,23)14-4-5-18(26-10-14)28-27-9-13-7-16(24)19(17(25)8-13)32-11-12-2-1-3-15(6-12)29(30)31/h1-10H,11H2,(H,26,28)/b27-9-. The van der Waals surface area contributed by atoms with Crippen molar-refractivity contribution in [3.05, 3.63) is 88.7 Å². The second kappa shape index (κ2) is 10.4. The maximum absolute atomic E-state index is 12.6. The Bertz CT molecular complexity index is 1130. The van der Waals surface area contributed by atoms with Crippen molar-refractivity contribution < 1.29 is 22.8 Å². The zero-order valence-corrected chi connectivity index (χ0v) is 20.3. The number of hydrazone groups is 1. The molecule has 0 atom stereocenters. The lowest BCUT2D eigenvalue weighted by Gasteiger charge is -2.11. The Morgan fingerprint density at radius 1 is 1.16 bits per heavy atom. The second-order valence-electron chi connectivity index (χ2n) is 6.33. The molecule has 0 bridgehead atoms. The van der Waals surface area contributed by atoms with Gasteiger partial charge in [0, 0.05) is 18.3 Å². The number of hydrogen-bond acceptors (Lipinski definition) is 6. The summed E-state index contributed by atoms with van der Waals surface area (Å²) in [5, 5.41) is 14.9. The first-order valence-corrected chi connectivity index (χ1v) is 11.0. The van der Waals surface area contributed by atoms with Crippen molar-refractivity contribution in [2.45, 2.75) is 12.8 Å². The number of nitrogens with one attached hydrogen (secondary N) is 1. The number of nitro benzene ring substituents is 1. The van der Waals surface area contributed by atoms with Crippen molar-refractivity contribution in [2.75, 3.05) is 5.43 Å². The molecule has 1 aromatic heterocycles. The summed E-state index contributed by atoms with van der Waals surface area (Å²) in [6, 6.07) is 12.0. The van der Waals surface area contributed by atoms with Gasteiger partial charge in [0.05, 0.1) is 23.8 Å². The van der Waals surface area contributed by atoms with E-state index in [4.69, 9.17) is 4.74 Å². The average molecular weight is 668 g/mol. The molecule has 7 nitrogen and oxygen atoms in total. The second-order valence-corrected chi connectivity index (χ2v) is 8.65. The minimum Gasteiger partial charge on any atom is -0.487 e. The molecule has 0 saturated heterocycles. The van der Waals surface area contributed by atoms with Gasteiger partial charge in [0.1, 0.15) is 18.2 Å². The Labute approximate surface area is 207 Å². The maximum Gasteiger partial charge on any atom is 0.417 e. The molecule has 0 radical (unpaired) electrons. The van der Waals surface area contributed by atoms with Gasteiger partial charge in [-0.1, -0.05) is 12.1 Å². The van der Waals surface area contributed by atoms with Crippen LogP contribution in [0.4, 0.5) is 24.7 Å². The normalized spacial score (nSPS) is 11.5. The number of nitrogens with zero attached hydrogens (tertiary/aromatic N) is 3. The molecule has 0 amide bonds. The molecule has 3 aromatic rings. The van der Waals surface area contributed by atoms with Gasteiger partial charge >= 0.3 is 6.18 Å². The largest absolute Gasteiger partial charge is 0.487 e. The number of hydrogen-bond donors (Lipinski definition) is 1. The topological polar surface area (TPSA) is 89.7 Å². The Morgan fingerprint density at radius 2 is 1.88 bits per heavy atom. The quantitative estimate of drug-likeness (QED) is 0.139.